The van der Waals surface area contributed by atoms with Crippen molar-refractivity contribution in [2.75, 3.05) is 19.7 Å². The second kappa shape index (κ2) is 6.51. The van der Waals surface area contributed by atoms with Gasteiger partial charge < -0.3 is 15.2 Å². The second-order valence-electron chi connectivity index (χ2n) is 4.12. The van der Waals surface area contributed by atoms with Crippen molar-refractivity contribution in [3.63, 3.8) is 0 Å². The van der Waals surface area contributed by atoms with Gasteiger partial charge in [-0.3, -0.25) is 0 Å². The summed E-state index contributed by atoms with van der Waals surface area (Å²) in [5, 5.41) is 12.2. The van der Waals surface area contributed by atoms with Crippen LogP contribution in [0.25, 0.3) is 0 Å². The second-order valence-corrected chi connectivity index (χ2v) is 4.12. The lowest BCUT2D eigenvalue weighted by Gasteiger charge is -2.12. The van der Waals surface area contributed by atoms with E-state index in [1.54, 1.807) is 6.92 Å². The van der Waals surface area contributed by atoms with Gasteiger partial charge in [-0.05, 0) is 31.9 Å². The van der Waals surface area contributed by atoms with Crippen molar-refractivity contribution < 1.29 is 9.84 Å². The molecule has 0 fully saturated rings. The van der Waals surface area contributed by atoms with E-state index in [1.807, 2.05) is 32.0 Å². The third kappa shape index (κ3) is 4.21. The number of benzene rings is 1. The lowest BCUT2D eigenvalue weighted by Crippen LogP contribution is -2.28. The van der Waals surface area contributed by atoms with Crippen LogP contribution in [0.5, 0.6) is 5.75 Å². The monoisotopic (exact) mass is 223 g/mol. The highest BCUT2D eigenvalue weighted by Gasteiger charge is 2.02. The zero-order valence-corrected chi connectivity index (χ0v) is 10.3. The van der Waals surface area contributed by atoms with Crippen molar-refractivity contribution in [2.24, 2.45) is 0 Å². The molecule has 0 aliphatic carbocycles. The fraction of sp³-hybridized carbons (Fsp3) is 0.538. The van der Waals surface area contributed by atoms with Crippen molar-refractivity contribution in [2.45, 2.75) is 26.9 Å². The summed E-state index contributed by atoms with van der Waals surface area (Å²) in [6.07, 6.45) is -0.305. The summed E-state index contributed by atoms with van der Waals surface area (Å²) < 4.78 is 5.71. The smallest absolute Gasteiger partial charge is 0.125 e. The molecule has 2 N–H and O–H groups in total. The van der Waals surface area contributed by atoms with Crippen LogP contribution in [0, 0.1) is 13.8 Å². The molecule has 0 radical (unpaired) electrons. The molecule has 0 spiro atoms. The summed E-state index contributed by atoms with van der Waals surface area (Å²) in [7, 11) is 0. The summed E-state index contributed by atoms with van der Waals surface area (Å²) in [5.74, 6) is 0.973. The molecule has 1 atom stereocenters. The summed E-state index contributed by atoms with van der Waals surface area (Å²) in [4.78, 5) is 0. The third-order valence-electron chi connectivity index (χ3n) is 2.37. The van der Waals surface area contributed by atoms with Gasteiger partial charge >= 0.3 is 0 Å². The Hall–Kier alpha value is -1.06. The molecule has 0 aliphatic rings. The van der Waals surface area contributed by atoms with Crippen molar-refractivity contribution >= 4 is 0 Å². The van der Waals surface area contributed by atoms with Crippen LogP contribution in [0.2, 0.25) is 0 Å². The maximum Gasteiger partial charge on any atom is 0.125 e. The van der Waals surface area contributed by atoms with E-state index < -0.39 is 0 Å². The lowest BCUT2D eigenvalue weighted by atomic mass is 10.1. The number of hydrogen-bond donors (Lipinski definition) is 2. The minimum Gasteiger partial charge on any atom is -0.492 e. The quantitative estimate of drug-likeness (QED) is 0.721. The van der Waals surface area contributed by atoms with Gasteiger partial charge in [-0.15, -0.1) is 0 Å². The molecule has 0 bridgehead atoms. The molecule has 0 aliphatic heterocycles. The zero-order valence-electron chi connectivity index (χ0n) is 10.3. The third-order valence-corrected chi connectivity index (χ3v) is 2.37. The van der Waals surface area contributed by atoms with Crippen LogP contribution in [0.3, 0.4) is 0 Å². The summed E-state index contributed by atoms with van der Waals surface area (Å²) in [5.41, 5.74) is 2.33. The first-order valence-electron chi connectivity index (χ1n) is 5.69. The van der Waals surface area contributed by atoms with Crippen molar-refractivity contribution in [1.82, 2.24) is 5.32 Å². The van der Waals surface area contributed by atoms with Gasteiger partial charge in [0.05, 0.1) is 6.10 Å². The number of nitrogens with one attached hydrogen (secondary N) is 1. The Morgan fingerprint density at radius 1 is 1.31 bits per heavy atom. The maximum atomic E-state index is 9.05. The van der Waals surface area contributed by atoms with Gasteiger partial charge in [0, 0.05) is 13.1 Å². The van der Waals surface area contributed by atoms with Gasteiger partial charge in [-0.25, -0.2) is 0 Å². The minimum atomic E-state index is -0.305. The van der Waals surface area contributed by atoms with E-state index in [0.717, 1.165) is 23.4 Å². The molecule has 0 heterocycles. The molecule has 0 aromatic heterocycles. The maximum absolute atomic E-state index is 9.05. The van der Waals surface area contributed by atoms with Crippen LogP contribution in [-0.2, 0) is 0 Å². The number of aryl methyl sites for hydroxylation is 2. The zero-order chi connectivity index (χ0) is 12.0. The molecule has 0 saturated carbocycles. The SMILES string of the molecule is Cc1cccc(C)c1OCCNC[C@@H](C)O. The largest absolute Gasteiger partial charge is 0.492 e. The molecular weight excluding hydrogens is 202 g/mol. The number of aliphatic hydroxyl groups excluding tert-OH is 1. The van der Waals surface area contributed by atoms with Crippen LogP contribution < -0.4 is 10.1 Å². The molecule has 3 heteroatoms. The van der Waals surface area contributed by atoms with E-state index >= 15 is 0 Å². The Balaban J connectivity index is 2.32. The van der Waals surface area contributed by atoms with Crippen molar-refractivity contribution in [3.8, 4) is 5.75 Å². The highest BCUT2D eigenvalue weighted by molar-refractivity contribution is 5.39. The highest BCUT2D eigenvalue weighted by Crippen LogP contribution is 2.21. The number of rotatable bonds is 6. The van der Waals surface area contributed by atoms with E-state index in [1.165, 1.54) is 0 Å². The van der Waals surface area contributed by atoms with Crippen LogP contribution >= 0.6 is 0 Å². The first kappa shape index (κ1) is 13.0. The first-order chi connectivity index (χ1) is 7.61. The highest BCUT2D eigenvalue weighted by atomic mass is 16.5. The van der Waals surface area contributed by atoms with Crippen LogP contribution in [0.15, 0.2) is 18.2 Å². The first-order valence-corrected chi connectivity index (χ1v) is 5.69. The Labute approximate surface area is 97.4 Å². The van der Waals surface area contributed by atoms with E-state index in [0.29, 0.717) is 13.2 Å². The number of aliphatic hydroxyl groups is 1. The topological polar surface area (TPSA) is 41.5 Å². The predicted molar refractivity (Wildman–Crippen MR) is 66.0 cm³/mol. The Morgan fingerprint density at radius 3 is 2.50 bits per heavy atom. The molecule has 1 rings (SSSR count). The van der Waals surface area contributed by atoms with E-state index in [2.05, 4.69) is 5.32 Å². The number of hydrogen-bond acceptors (Lipinski definition) is 3. The van der Waals surface area contributed by atoms with Gasteiger partial charge in [-0.2, -0.15) is 0 Å². The van der Waals surface area contributed by atoms with Gasteiger partial charge in [0.1, 0.15) is 12.4 Å². The molecule has 0 unspecified atom stereocenters. The van der Waals surface area contributed by atoms with E-state index in [9.17, 15) is 0 Å². The molecule has 0 amide bonds. The van der Waals surface area contributed by atoms with Crippen LogP contribution in [0.1, 0.15) is 18.1 Å². The molecule has 0 saturated heterocycles. The molecular formula is C13H21NO2. The molecule has 16 heavy (non-hydrogen) atoms. The van der Waals surface area contributed by atoms with Crippen molar-refractivity contribution in [1.29, 1.82) is 0 Å². The molecule has 90 valence electrons. The average Bonchev–Trinajstić information content (AvgIpc) is 2.21. The normalized spacial score (nSPS) is 12.5. The lowest BCUT2D eigenvalue weighted by molar-refractivity contribution is 0.188. The van der Waals surface area contributed by atoms with Crippen LogP contribution in [0.4, 0.5) is 0 Å². The Bertz CT molecular complexity index is 303. The minimum absolute atomic E-state index is 0.305. The van der Waals surface area contributed by atoms with Crippen LogP contribution in [-0.4, -0.2) is 30.9 Å². The fourth-order valence-corrected chi connectivity index (χ4v) is 1.56. The van der Waals surface area contributed by atoms with Crippen molar-refractivity contribution in [3.05, 3.63) is 29.3 Å². The molecule has 1 aromatic rings. The molecule has 3 nitrogen and oxygen atoms in total. The van der Waals surface area contributed by atoms with Gasteiger partial charge in [0.2, 0.25) is 0 Å². The number of ether oxygens (including phenoxy) is 1. The Morgan fingerprint density at radius 2 is 1.94 bits per heavy atom. The van der Waals surface area contributed by atoms with Gasteiger partial charge in [0.25, 0.3) is 0 Å². The molecule has 1 aromatic carbocycles. The number of para-hydroxylation sites is 1. The summed E-state index contributed by atoms with van der Waals surface area (Å²) in [6, 6.07) is 6.13. The average molecular weight is 223 g/mol. The standard InChI is InChI=1S/C13H21NO2/c1-10-5-4-6-11(2)13(10)16-8-7-14-9-12(3)15/h4-6,12,14-15H,7-9H2,1-3H3/t12-/m1/s1. The van der Waals surface area contributed by atoms with Gasteiger partial charge in [0.15, 0.2) is 0 Å². The summed E-state index contributed by atoms with van der Waals surface area (Å²) >= 11 is 0. The fourth-order valence-electron chi connectivity index (χ4n) is 1.56. The Kier molecular flexibility index (Phi) is 5.29. The van der Waals surface area contributed by atoms with Gasteiger partial charge in [-0.1, -0.05) is 18.2 Å². The summed E-state index contributed by atoms with van der Waals surface area (Å²) in [6.45, 7) is 7.84. The van der Waals surface area contributed by atoms with E-state index in [4.69, 9.17) is 9.84 Å². The van der Waals surface area contributed by atoms with E-state index in [-0.39, 0.29) is 6.10 Å². The predicted octanol–water partition coefficient (Wildman–Crippen LogP) is 1.65.